The number of nitrogen functional groups attached to an aromatic ring is 1. The maximum absolute atomic E-state index is 9.55. The van der Waals surface area contributed by atoms with E-state index in [4.69, 9.17) is 19.9 Å². The number of rotatable bonds is 6. The molecule has 0 radical (unpaired) electrons. The molecule has 0 amide bonds. The summed E-state index contributed by atoms with van der Waals surface area (Å²) in [6, 6.07) is 3.58. The van der Waals surface area contributed by atoms with Crippen LogP contribution in [0.1, 0.15) is 6.42 Å². The zero-order valence-electron chi connectivity index (χ0n) is 11.0. The fraction of sp³-hybridized carbons (Fsp3) is 0.538. The first kappa shape index (κ1) is 13.8. The molecule has 0 saturated carbocycles. The number of ether oxygens (including phenoxy) is 3. The van der Waals surface area contributed by atoms with Gasteiger partial charge in [-0.05, 0) is 6.42 Å². The molecule has 1 aromatic carbocycles. The third-order valence-electron chi connectivity index (χ3n) is 2.87. The highest BCUT2D eigenvalue weighted by molar-refractivity contribution is 5.72. The monoisotopic (exact) mass is 268 g/mol. The molecule has 2 rings (SSSR count). The van der Waals surface area contributed by atoms with Crippen LogP contribution in [0.15, 0.2) is 12.1 Å². The molecule has 0 bridgehead atoms. The van der Waals surface area contributed by atoms with E-state index in [2.05, 4.69) is 5.32 Å². The van der Waals surface area contributed by atoms with Crippen molar-refractivity contribution in [2.45, 2.75) is 12.5 Å². The van der Waals surface area contributed by atoms with Gasteiger partial charge in [-0.25, -0.2) is 0 Å². The molecule has 1 aliphatic rings. The first-order valence-corrected chi connectivity index (χ1v) is 6.30. The SMILES string of the molecule is COCC(O)CCNc1cc2c(cc1N)OCCO2. The lowest BCUT2D eigenvalue weighted by atomic mass is 10.2. The summed E-state index contributed by atoms with van der Waals surface area (Å²) in [5.41, 5.74) is 7.32. The lowest BCUT2D eigenvalue weighted by Crippen LogP contribution is -2.19. The Morgan fingerprint density at radius 2 is 2.05 bits per heavy atom. The number of benzene rings is 1. The van der Waals surface area contributed by atoms with Crippen molar-refractivity contribution in [1.29, 1.82) is 0 Å². The summed E-state index contributed by atoms with van der Waals surface area (Å²) in [6.45, 7) is 2.03. The van der Waals surface area contributed by atoms with Crippen molar-refractivity contribution in [3.8, 4) is 11.5 Å². The summed E-state index contributed by atoms with van der Waals surface area (Å²) in [6.07, 6.45) is 0.109. The lowest BCUT2D eigenvalue weighted by molar-refractivity contribution is 0.0615. The number of fused-ring (bicyclic) bond motifs is 1. The molecular formula is C13H20N2O4. The van der Waals surface area contributed by atoms with E-state index in [0.29, 0.717) is 50.0 Å². The predicted octanol–water partition coefficient (Wildman–Crippen LogP) is 0.849. The van der Waals surface area contributed by atoms with Gasteiger partial charge < -0.3 is 30.4 Å². The van der Waals surface area contributed by atoms with E-state index >= 15 is 0 Å². The normalized spacial score (nSPS) is 15.1. The van der Waals surface area contributed by atoms with Crippen LogP contribution in [0.25, 0.3) is 0 Å². The predicted molar refractivity (Wildman–Crippen MR) is 72.8 cm³/mol. The highest BCUT2D eigenvalue weighted by Crippen LogP contribution is 2.36. The van der Waals surface area contributed by atoms with Crippen LogP contribution in [0.5, 0.6) is 11.5 Å². The molecule has 6 heteroatoms. The number of methoxy groups -OCH3 is 1. The summed E-state index contributed by atoms with van der Waals surface area (Å²) >= 11 is 0. The lowest BCUT2D eigenvalue weighted by Gasteiger charge is -2.20. The van der Waals surface area contributed by atoms with Crippen LogP contribution in [-0.4, -0.2) is 44.7 Å². The smallest absolute Gasteiger partial charge is 0.163 e. The fourth-order valence-electron chi connectivity index (χ4n) is 1.91. The molecule has 0 spiro atoms. The van der Waals surface area contributed by atoms with Crippen LogP contribution in [0.4, 0.5) is 11.4 Å². The Balaban J connectivity index is 1.93. The van der Waals surface area contributed by atoms with Gasteiger partial charge in [0.15, 0.2) is 11.5 Å². The van der Waals surface area contributed by atoms with Crippen molar-refractivity contribution in [3.05, 3.63) is 12.1 Å². The maximum Gasteiger partial charge on any atom is 0.163 e. The molecule has 1 aliphatic heterocycles. The zero-order chi connectivity index (χ0) is 13.7. The van der Waals surface area contributed by atoms with E-state index in [0.717, 1.165) is 5.69 Å². The number of nitrogens with two attached hydrogens (primary N) is 1. The number of aliphatic hydroxyl groups is 1. The Kier molecular flexibility index (Phi) is 4.70. The minimum absolute atomic E-state index is 0.332. The van der Waals surface area contributed by atoms with Crippen LogP contribution in [0.2, 0.25) is 0 Å². The number of hydrogen-bond acceptors (Lipinski definition) is 6. The van der Waals surface area contributed by atoms with Gasteiger partial charge in [0.05, 0.1) is 24.1 Å². The standard InChI is InChI=1S/C13H20N2O4/c1-17-8-9(16)2-3-15-11-7-13-12(6-10(11)14)18-4-5-19-13/h6-7,9,15-16H,2-5,8,14H2,1H3. The number of aliphatic hydroxyl groups excluding tert-OH is 1. The van der Waals surface area contributed by atoms with Gasteiger partial charge in [0.1, 0.15) is 13.2 Å². The van der Waals surface area contributed by atoms with Gasteiger partial charge in [-0.1, -0.05) is 0 Å². The van der Waals surface area contributed by atoms with E-state index in [1.165, 1.54) is 0 Å². The molecule has 0 aliphatic carbocycles. The van der Waals surface area contributed by atoms with Crippen molar-refractivity contribution in [2.24, 2.45) is 0 Å². The van der Waals surface area contributed by atoms with E-state index in [-0.39, 0.29) is 0 Å². The van der Waals surface area contributed by atoms with Crippen molar-refractivity contribution in [1.82, 2.24) is 0 Å². The van der Waals surface area contributed by atoms with E-state index in [1.54, 1.807) is 13.2 Å². The molecule has 19 heavy (non-hydrogen) atoms. The van der Waals surface area contributed by atoms with E-state index in [9.17, 15) is 5.11 Å². The Morgan fingerprint density at radius 3 is 2.74 bits per heavy atom. The molecule has 1 atom stereocenters. The molecule has 1 unspecified atom stereocenters. The summed E-state index contributed by atoms with van der Waals surface area (Å²) in [4.78, 5) is 0. The summed E-state index contributed by atoms with van der Waals surface area (Å²) < 4.78 is 15.8. The Bertz CT molecular complexity index is 425. The van der Waals surface area contributed by atoms with Crippen LogP contribution in [0.3, 0.4) is 0 Å². The molecule has 1 aromatic rings. The minimum Gasteiger partial charge on any atom is -0.486 e. The van der Waals surface area contributed by atoms with Crippen LogP contribution in [0, 0.1) is 0 Å². The van der Waals surface area contributed by atoms with Crippen LogP contribution < -0.4 is 20.5 Å². The van der Waals surface area contributed by atoms with Crippen LogP contribution >= 0.6 is 0 Å². The first-order chi connectivity index (χ1) is 9.20. The molecule has 0 aromatic heterocycles. The Labute approximate surface area is 112 Å². The second kappa shape index (κ2) is 6.49. The second-order valence-electron chi connectivity index (χ2n) is 4.41. The van der Waals surface area contributed by atoms with Crippen molar-refractivity contribution in [3.63, 3.8) is 0 Å². The summed E-state index contributed by atoms with van der Waals surface area (Å²) in [5, 5.41) is 12.7. The Morgan fingerprint density at radius 1 is 1.37 bits per heavy atom. The average Bonchev–Trinajstić information content (AvgIpc) is 2.39. The molecule has 0 fully saturated rings. The van der Waals surface area contributed by atoms with E-state index < -0.39 is 6.10 Å². The molecule has 1 heterocycles. The van der Waals surface area contributed by atoms with Crippen LogP contribution in [-0.2, 0) is 4.74 Å². The van der Waals surface area contributed by atoms with Gasteiger partial charge in [0.2, 0.25) is 0 Å². The highest BCUT2D eigenvalue weighted by Gasteiger charge is 2.14. The highest BCUT2D eigenvalue weighted by atomic mass is 16.6. The topological polar surface area (TPSA) is 86.0 Å². The van der Waals surface area contributed by atoms with Gasteiger partial charge in [-0.3, -0.25) is 0 Å². The van der Waals surface area contributed by atoms with Gasteiger partial charge >= 0.3 is 0 Å². The van der Waals surface area contributed by atoms with E-state index in [1.807, 2.05) is 6.07 Å². The third kappa shape index (κ3) is 3.65. The number of anilines is 2. The van der Waals surface area contributed by atoms with Gasteiger partial charge in [-0.2, -0.15) is 0 Å². The fourth-order valence-corrected chi connectivity index (χ4v) is 1.91. The molecular weight excluding hydrogens is 248 g/mol. The molecule has 0 saturated heterocycles. The molecule has 6 nitrogen and oxygen atoms in total. The molecule has 4 N–H and O–H groups in total. The largest absolute Gasteiger partial charge is 0.486 e. The summed E-state index contributed by atoms with van der Waals surface area (Å²) in [5.74, 6) is 1.37. The number of hydrogen-bond donors (Lipinski definition) is 3. The second-order valence-corrected chi connectivity index (χ2v) is 4.41. The van der Waals surface area contributed by atoms with Gasteiger partial charge in [0.25, 0.3) is 0 Å². The van der Waals surface area contributed by atoms with Crippen molar-refractivity contribution in [2.75, 3.05) is 44.5 Å². The van der Waals surface area contributed by atoms with Gasteiger partial charge in [0, 0.05) is 25.8 Å². The van der Waals surface area contributed by atoms with Crippen molar-refractivity contribution < 1.29 is 19.3 Å². The zero-order valence-corrected chi connectivity index (χ0v) is 11.0. The average molecular weight is 268 g/mol. The van der Waals surface area contributed by atoms with Crippen molar-refractivity contribution >= 4 is 11.4 Å². The minimum atomic E-state index is -0.476. The first-order valence-electron chi connectivity index (χ1n) is 6.30. The third-order valence-corrected chi connectivity index (χ3v) is 2.87. The number of nitrogens with one attached hydrogen (secondary N) is 1. The Hall–Kier alpha value is -1.66. The quantitative estimate of drug-likeness (QED) is 0.663. The molecule has 106 valence electrons. The summed E-state index contributed by atoms with van der Waals surface area (Å²) in [7, 11) is 1.56. The van der Waals surface area contributed by atoms with Gasteiger partial charge in [-0.15, -0.1) is 0 Å². The maximum atomic E-state index is 9.55.